The van der Waals surface area contributed by atoms with E-state index in [9.17, 15) is 4.79 Å². The van der Waals surface area contributed by atoms with E-state index in [0.29, 0.717) is 12.5 Å². The second kappa shape index (κ2) is 8.22. The summed E-state index contributed by atoms with van der Waals surface area (Å²) in [5, 5.41) is 6.86. The van der Waals surface area contributed by atoms with Gasteiger partial charge in [0, 0.05) is 58.2 Å². The molecule has 8 nitrogen and oxygen atoms in total. The molecule has 2 aliphatic rings. The zero-order chi connectivity index (χ0) is 19.4. The number of carbonyl (C=O) groups excluding carboxylic acids is 1. The molecular formula is C20H27N7O. The molecule has 2 aliphatic heterocycles. The van der Waals surface area contributed by atoms with Crippen LogP contribution in [-0.4, -0.2) is 77.3 Å². The summed E-state index contributed by atoms with van der Waals surface area (Å²) in [6, 6.07) is 11.3. The standard InChI is InChI=1S/C20H27N7O/c1-20(25-13-10-21-11-14-25)16-22-12-15-26(20)19(28)27(17-6-3-2-4-7-17)18-23-8-5-9-24-18/h2-9,21-22H,10-16H2,1H3. The molecule has 4 rings (SSSR count). The summed E-state index contributed by atoms with van der Waals surface area (Å²) in [5.41, 5.74) is 0.360. The van der Waals surface area contributed by atoms with Crippen LogP contribution in [-0.2, 0) is 0 Å². The Kier molecular flexibility index (Phi) is 5.52. The van der Waals surface area contributed by atoms with Crippen LogP contribution >= 0.6 is 0 Å². The molecule has 2 aromatic rings. The van der Waals surface area contributed by atoms with E-state index >= 15 is 0 Å². The van der Waals surface area contributed by atoms with Crippen LogP contribution in [0, 0.1) is 0 Å². The number of rotatable bonds is 3. The highest BCUT2D eigenvalue weighted by molar-refractivity contribution is 5.98. The number of carbonyl (C=O) groups is 1. The number of benzene rings is 1. The highest BCUT2D eigenvalue weighted by Gasteiger charge is 2.44. The molecule has 0 saturated carbocycles. The van der Waals surface area contributed by atoms with E-state index < -0.39 is 5.66 Å². The first-order valence-electron chi connectivity index (χ1n) is 9.80. The van der Waals surface area contributed by atoms with Crippen LogP contribution in [0.15, 0.2) is 48.8 Å². The normalized spacial score (nSPS) is 23.4. The fourth-order valence-corrected chi connectivity index (χ4v) is 4.00. The quantitative estimate of drug-likeness (QED) is 0.834. The average molecular weight is 381 g/mol. The first-order valence-corrected chi connectivity index (χ1v) is 9.80. The second-order valence-electron chi connectivity index (χ2n) is 7.28. The third kappa shape index (κ3) is 3.58. The first kappa shape index (κ1) is 18.8. The van der Waals surface area contributed by atoms with E-state index in [-0.39, 0.29) is 6.03 Å². The number of hydrogen-bond donors (Lipinski definition) is 2. The summed E-state index contributed by atoms with van der Waals surface area (Å²) in [7, 11) is 0. The minimum Gasteiger partial charge on any atom is -0.314 e. The van der Waals surface area contributed by atoms with E-state index in [1.165, 1.54) is 0 Å². The van der Waals surface area contributed by atoms with Gasteiger partial charge in [-0.15, -0.1) is 0 Å². The predicted octanol–water partition coefficient (Wildman–Crippen LogP) is 1.26. The smallest absolute Gasteiger partial charge is 0.314 e. The van der Waals surface area contributed by atoms with Crippen molar-refractivity contribution in [3.8, 4) is 0 Å². The van der Waals surface area contributed by atoms with Crippen LogP contribution in [0.3, 0.4) is 0 Å². The largest absolute Gasteiger partial charge is 0.333 e. The molecule has 1 atom stereocenters. The minimum atomic E-state index is -0.404. The number of nitrogens with zero attached hydrogens (tertiary/aromatic N) is 5. The van der Waals surface area contributed by atoms with Crippen LogP contribution < -0.4 is 15.5 Å². The molecule has 148 valence electrons. The SMILES string of the molecule is CC1(N2CCNCC2)CNCCN1C(=O)N(c1ccccc1)c1ncccn1. The molecule has 0 bridgehead atoms. The Labute approximate surface area is 165 Å². The van der Waals surface area contributed by atoms with Crippen LogP contribution in [0.25, 0.3) is 0 Å². The van der Waals surface area contributed by atoms with Gasteiger partial charge in [-0.05, 0) is 25.1 Å². The van der Waals surface area contributed by atoms with Crippen LogP contribution in [0.2, 0.25) is 0 Å². The van der Waals surface area contributed by atoms with E-state index in [0.717, 1.165) is 45.0 Å². The lowest BCUT2D eigenvalue weighted by molar-refractivity contribution is -0.0378. The third-order valence-electron chi connectivity index (χ3n) is 5.54. The first-order chi connectivity index (χ1) is 13.7. The van der Waals surface area contributed by atoms with Gasteiger partial charge in [0.25, 0.3) is 0 Å². The Morgan fingerprint density at radius 2 is 1.68 bits per heavy atom. The summed E-state index contributed by atoms with van der Waals surface area (Å²) in [4.78, 5) is 28.6. The fourth-order valence-electron chi connectivity index (χ4n) is 4.00. The number of nitrogens with one attached hydrogen (secondary N) is 2. The Morgan fingerprint density at radius 1 is 1.00 bits per heavy atom. The van der Waals surface area contributed by atoms with Crippen LogP contribution in [0.5, 0.6) is 0 Å². The maximum absolute atomic E-state index is 13.9. The Morgan fingerprint density at radius 3 is 2.39 bits per heavy atom. The number of amides is 2. The monoisotopic (exact) mass is 381 g/mol. The summed E-state index contributed by atoms with van der Waals surface area (Å²) in [6.07, 6.45) is 3.33. The molecule has 2 amide bonds. The van der Waals surface area contributed by atoms with Gasteiger partial charge in [0.15, 0.2) is 0 Å². The highest BCUT2D eigenvalue weighted by atomic mass is 16.2. The van der Waals surface area contributed by atoms with Crippen molar-refractivity contribution in [3.63, 3.8) is 0 Å². The Balaban J connectivity index is 1.70. The van der Waals surface area contributed by atoms with Crippen molar-refractivity contribution in [1.82, 2.24) is 30.4 Å². The molecule has 0 radical (unpaired) electrons. The molecule has 2 N–H and O–H groups in total. The van der Waals surface area contributed by atoms with Gasteiger partial charge in [0.2, 0.25) is 5.95 Å². The summed E-state index contributed by atoms with van der Waals surface area (Å²) < 4.78 is 0. The van der Waals surface area contributed by atoms with Gasteiger partial charge in [0.05, 0.1) is 5.69 Å². The van der Waals surface area contributed by atoms with E-state index in [1.54, 1.807) is 23.4 Å². The van der Waals surface area contributed by atoms with Gasteiger partial charge in [-0.1, -0.05) is 18.2 Å². The van der Waals surface area contributed by atoms with E-state index in [1.807, 2.05) is 35.2 Å². The zero-order valence-corrected chi connectivity index (χ0v) is 16.2. The maximum atomic E-state index is 13.9. The van der Waals surface area contributed by atoms with Crippen molar-refractivity contribution >= 4 is 17.7 Å². The molecule has 1 unspecified atom stereocenters. The van der Waals surface area contributed by atoms with E-state index in [2.05, 4.69) is 32.4 Å². The van der Waals surface area contributed by atoms with Gasteiger partial charge in [-0.25, -0.2) is 19.7 Å². The lowest BCUT2D eigenvalue weighted by Gasteiger charge is -2.53. The fraction of sp³-hybridized carbons (Fsp3) is 0.450. The maximum Gasteiger partial charge on any atom is 0.333 e. The van der Waals surface area contributed by atoms with Crippen molar-refractivity contribution < 1.29 is 4.79 Å². The molecule has 2 fully saturated rings. The molecule has 2 saturated heterocycles. The topological polar surface area (TPSA) is 76.6 Å². The number of hydrogen-bond acceptors (Lipinski definition) is 6. The summed E-state index contributed by atoms with van der Waals surface area (Å²) in [6.45, 7) is 7.98. The van der Waals surface area contributed by atoms with Crippen LogP contribution in [0.4, 0.5) is 16.4 Å². The summed E-state index contributed by atoms with van der Waals surface area (Å²) >= 11 is 0. The number of piperazine rings is 2. The number of anilines is 2. The minimum absolute atomic E-state index is 0.0973. The predicted molar refractivity (Wildman–Crippen MR) is 108 cm³/mol. The van der Waals surface area contributed by atoms with E-state index in [4.69, 9.17) is 0 Å². The number of aromatic nitrogens is 2. The van der Waals surface area contributed by atoms with Crippen molar-refractivity contribution in [1.29, 1.82) is 0 Å². The highest BCUT2D eigenvalue weighted by Crippen LogP contribution is 2.29. The lowest BCUT2D eigenvalue weighted by Crippen LogP contribution is -2.72. The third-order valence-corrected chi connectivity index (χ3v) is 5.54. The Bertz CT molecular complexity index is 742. The van der Waals surface area contributed by atoms with Crippen molar-refractivity contribution in [3.05, 3.63) is 48.8 Å². The Hall–Kier alpha value is -2.55. The zero-order valence-electron chi connectivity index (χ0n) is 16.2. The molecule has 0 spiro atoms. The molecular weight excluding hydrogens is 354 g/mol. The molecule has 3 heterocycles. The van der Waals surface area contributed by atoms with Gasteiger partial charge < -0.3 is 15.5 Å². The van der Waals surface area contributed by atoms with Gasteiger partial charge >= 0.3 is 6.03 Å². The van der Waals surface area contributed by atoms with Gasteiger partial charge in [-0.2, -0.15) is 0 Å². The molecule has 1 aromatic heterocycles. The molecule has 8 heteroatoms. The van der Waals surface area contributed by atoms with Gasteiger partial charge in [-0.3, -0.25) is 4.90 Å². The lowest BCUT2D eigenvalue weighted by atomic mass is 10.0. The number of para-hydroxylation sites is 1. The molecule has 0 aliphatic carbocycles. The molecule has 28 heavy (non-hydrogen) atoms. The van der Waals surface area contributed by atoms with Crippen molar-refractivity contribution in [2.75, 3.05) is 50.7 Å². The molecule has 1 aromatic carbocycles. The summed E-state index contributed by atoms with van der Waals surface area (Å²) in [5.74, 6) is 0.389. The average Bonchev–Trinajstić information content (AvgIpc) is 2.76. The second-order valence-corrected chi connectivity index (χ2v) is 7.28. The van der Waals surface area contributed by atoms with Gasteiger partial charge in [0.1, 0.15) is 5.66 Å². The number of urea groups is 1. The van der Waals surface area contributed by atoms with Crippen LogP contribution in [0.1, 0.15) is 6.92 Å². The van der Waals surface area contributed by atoms with Crippen molar-refractivity contribution in [2.24, 2.45) is 0 Å². The van der Waals surface area contributed by atoms with Crippen molar-refractivity contribution in [2.45, 2.75) is 12.6 Å².